The Labute approximate surface area is 97.8 Å². The molecule has 3 rings (SSSR count). The summed E-state index contributed by atoms with van der Waals surface area (Å²) in [6, 6.07) is 15.3. The van der Waals surface area contributed by atoms with Gasteiger partial charge < -0.3 is 5.11 Å². The van der Waals surface area contributed by atoms with E-state index < -0.39 is 0 Å². The van der Waals surface area contributed by atoms with Gasteiger partial charge in [0.15, 0.2) is 5.75 Å². The molecule has 0 saturated heterocycles. The zero-order valence-corrected chi connectivity index (χ0v) is 9.01. The first kappa shape index (κ1) is 9.78. The fraction of sp³-hybridized carbons (Fsp3) is 0. The van der Waals surface area contributed by atoms with Crippen molar-refractivity contribution in [3.8, 4) is 5.75 Å². The van der Waals surface area contributed by atoms with Crippen LogP contribution >= 0.6 is 0 Å². The van der Waals surface area contributed by atoms with E-state index >= 15 is 0 Å². The second kappa shape index (κ2) is 3.56. The number of nitrogens with zero attached hydrogens (tertiary/aromatic N) is 1. The quantitative estimate of drug-likeness (QED) is 0.466. The van der Waals surface area contributed by atoms with Crippen molar-refractivity contribution in [3.63, 3.8) is 0 Å². The molecule has 0 saturated carbocycles. The van der Waals surface area contributed by atoms with E-state index in [9.17, 15) is 5.11 Å². The zero-order chi connectivity index (χ0) is 11.8. The lowest BCUT2D eigenvalue weighted by Crippen LogP contribution is -1.80. The molecule has 3 aromatic rings. The minimum absolute atomic E-state index is 0.0781. The normalized spacial score (nSPS) is 10.8. The van der Waals surface area contributed by atoms with Crippen LogP contribution in [0.5, 0.6) is 5.75 Å². The summed E-state index contributed by atoms with van der Waals surface area (Å²) in [6.45, 7) is 0. The van der Waals surface area contributed by atoms with Crippen molar-refractivity contribution in [3.05, 3.63) is 48.5 Å². The molecule has 0 heterocycles. The van der Waals surface area contributed by atoms with Gasteiger partial charge in [0.2, 0.25) is 0 Å². The second-order valence-electron chi connectivity index (χ2n) is 3.90. The van der Waals surface area contributed by atoms with Crippen LogP contribution in [0.2, 0.25) is 0 Å². The number of phenols is 1. The van der Waals surface area contributed by atoms with Crippen LogP contribution in [-0.2, 0) is 0 Å². The van der Waals surface area contributed by atoms with E-state index in [1.807, 2.05) is 48.5 Å². The molecule has 3 heteroatoms. The molecule has 0 aliphatic carbocycles. The minimum atomic E-state index is 0.0781. The highest BCUT2D eigenvalue weighted by atomic mass is 16.3. The Bertz CT molecular complexity index is 735. The SMILES string of the molecule is N=Nc1c(O)c2ccccc2c2ccccc12. The topological polar surface area (TPSA) is 56.4 Å². The van der Waals surface area contributed by atoms with Crippen molar-refractivity contribution < 1.29 is 5.11 Å². The van der Waals surface area contributed by atoms with E-state index in [2.05, 4.69) is 5.11 Å². The van der Waals surface area contributed by atoms with E-state index in [-0.39, 0.29) is 5.75 Å². The number of rotatable bonds is 1. The number of hydrogen-bond acceptors (Lipinski definition) is 3. The maximum Gasteiger partial charge on any atom is 0.151 e. The van der Waals surface area contributed by atoms with Gasteiger partial charge in [-0.3, -0.25) is 0 Å². The van der Waals surface area contributed by atoms with E-state index in [0.717, 1.165) is 21.5 Å². The smallest absolute Gasteiger partial charge is 0.151 e. The number of hydrogen-bond donors (Lipinski definition) is 2. The third-order valence-corrected chi connectivity index (χ3v) is 2.99. The van der Waals surface area contributed by atoms with Crippen LogP contribution in [0.4, 0.5) is 5.69 Å². The van der Waals surface area contributed by atoms with E-state index in [1.54, 1.807) is 0 Å². The standard InChI is InChI=1S/C14H10N2O/c15-16-13-11-7-3-1-5-9(11)10-6-2-4-8-12(10)14(13)17/h1-8,15,17H. The first-order valence-corrected chi connectivity index (χ1v) is 5.33. The number of benzene rings is 3. The van der Waals surface area contributed by atoms with Crippen molar-refractivity contribution >= 4 is 27.2 Å². The van der Waals surface area contributed by atoms with Crippen LogP contribution in [0, 0.1) is 5.53 Å². The molecule has 3 nitrogen and oxygen atoms in total. The Morgan fingerprint density at radius 2 is 1.24 bits per heavy atom. The molecular weight excluding hydrogens is 212 g/mol. The third kappa shape index (κ3) is 1.29. The molecular formula is C14H10N2O. The molecule has 0 aromatic heterocycles. The molecule has 2 N–H and O–H groups in total. The van der Waals surface area contributed by atoms with Crippen LogP contribution in [0.25, 0.3) is 21.5 Å². The van der Waals surface area contributed by atoms with E-state index in [4.69, 9.17) is 5.53 Å². The summed E-state index contributed by atoms with van der Waals surface area (Å²) in [7, 11) is 0. The van der Waals surface area contributed by atoms with Crippen molar-refractivity contribution in [2.75, 3.05) is 0 Å². The van der Waals surface area contributed by atoms with E-state index in [0.29, 0.717) is 5.69 Å². The molecule has 0 bridgehead atoms. The molecule has 0 aliphatic rings. The summed E-state index contributed by atoms with van der Waals surface area (Å²) in [5.41, 5.74) is 7.54. The molecule has 0 aliphatic heterocycles. The second-order valence-corrected chi connectivity index (χ2v) is 3.90. The highest BCUT2D eigenvalue weighted by Gasteiger charge is 2.12. The van der Waals surface area contributed by atoms with Gasteiger partial charge in [-0.1, -0.05) is 48.5 Å². The van der Waals surface area contributed by atoms with Crippen LogP contribution < -0.4 is 0 Å². The lowest BCUT2D eigenvalue weighted by Gasteiger charge is -2.08. The predicted octanol–water partition coefficient (Wildman–Crippen LogP) is 4.36. The fourth-order valence-corrected chi connectivity index (χ4v) is 2.22. The Kier molecular flexibility index (Phi) is 2.05. The molecule has 3 aromatic carbocycles. The summed E-state index contributed by atoms with van der Waals surface area (Å²) >= 11 is 0. The minimum Gasteiger partial charge on any atom is -0.505 e. The molecule has 0 radical (unpaired) electrons. The third-order valence-electron chi connectivity index (χ3n) is 2.99. The average molecular weight is 222 g/mol. The lowest BCUT2D eigenvalue weighted by atomic mass is 9.99. The fourth-order valence-electron chi connectivity index (χ4n) is 2.22. The Balaban J connectivity index is 2.68. The molecule has 0 unspecified atom stereocenters. The van der Waals surface area contributed by atoms with Crippen molar-refractivity contribution in [1.29, 1.82) is 5.53 Å². The van der Waals surface area contributed by atoms with E-state index in [1.165, 1.54) is 0 Å². The van der Waals surface area contributed by atoms with Gasteiger partial charge in [-0.25, -0.2) is 5.53 Å². The molecule has 0 spiro atoms. The van der Waals surface area contributed by atoms with Crippen LogP contribution in [0.3, 0.4) is 0 Å². The molecule has 0 fully saturated rings. The van der Waals surface area contributed by atoms with Gasteiger partial charge in [0, 0.05) is 10.8 Å². The number of aromatic hydroxyl groups is 1. The maximum absolute atomic E-state index is 10.1. The first-order valence-electron chi connectivity index (χ1n) is 5.33. The van der Waals surface area contributed by atoms with Gasteiger partial charge in [0.1, 0.15) is 5.69 Å². The molecule has 0 atom stereocenters. The molecule has 17 heavy (non-hydrogen) atoms. The number of nitrogens with one attached hydrogen (secondary N) is 1. The zero-order valence-electron chi connectivity index (χ0n) is 9.01. The van der Waals surface area contributed by atoms with Crippen molar-refractivity contribution in [2.24, 2.45) is 5.11 Å². The summed E-state index contributed by atoms with van der Waals surface area (Å²) in [6.07, 6.45) is 0. The monoisotopic (exact) mass is 222 g/mol. The van der Waals surface area contributed by atoms with Gasteiger partial charge in [0.25, 0.3) is 0 Å². The van der Waals surface area contributed by atoms with Crippen LogP contribution in [-0.4, -0.2) is 5.11 Å². The Morgan fingerprint density at radius 3 is 1.82 bits per heavy atom. The predicted molar refractivity (Wildman–Crippen MR) is 67.9 cm³/mol. The summed E-state index contributed by atoms with van der Waals surface area (Å²) in [4.78, 5) is 0. The van der Waals surface area contributed by atoms with Gasteiger partial charge >= 0.3 is 0 Å². The highest BCUT2D eigenvalue weighted by Crippen LogP contribution is 2.42. The average Bonchev–Trinajstić information content (AvgIpc) is 2.40. The highest BCUT2D eigenvalue weighted by molar-refractivity contribution is 6.15. The van der Waals surface area contributed by atoms with Crippen LogP contribution in [0.1, 0.15) is 0 Å². The number of fused-ring (bicyclic) bond motifs is 3. The van der Waals surface area contributed by atoms with Gasteiger partial charge in [-0.05, 0) is 10.8 Å². The van der Waals surface area contributed by atoms with Crippen LogP contribution in [0.15, 0.2) is 53.6 Å². The number of phenolic OH excluding ortho intramolecular Hbond substituents is 1. The summed E-state index contributed by atoms with van der Waals surface area (Å²) in [5, 5.41) is 17.1. The van der Waals surface area contributed by atoms with Gasteiger partial charge in [-0.2, -0.15) is 5.11 Å². The molecule has 0 amide bonds. The van der Waals surface area contributed by atoms with Crippen molar-refractivity contribution in [1.82, 2.24) is 0 Å². The lowest BCUT2D eigenvalue weighted by molar-refractivity contribution is 0.483. The Hall–Kier alpha value is -2.42. The molecule has 82 valence electrons. The largest absolute Gasteiger partial charge is 0.505 e. The van der Waals surface area contributed by atoms with Crippen molar-refractivity contribution in [2.45, 2.75) is 0 Å². The Morgan fingerprint density at radius 1 is 0.765 bits per heavy atom. The van der Waals surface area contributed by atoms with Gasteiger partial charge in [0.05, 0.1) is 0 Å². The van der Waals surface area contributed by atoms with Gasteiger partial charge in [-0.15, -0.1) is 0 Å². The summed E-state index contributed by atoms with van der Waals surface area (Å²) in [5.74, 6) is 0.0781. The first-order chi connectivity index (χ1) is 8.33. The summed E-state index contributed by atoms with van der Waals surface area (Å²) < 4.78 is 0. The maximum atomic E-state index is 10.1.